The van der Waals surface area contributed by atoms with E-state index in [1.807, 2.05) is 4.90 Å². The molecule has 2 rings (SSSR count). The predicted octanol–water partition coefficient (Wildman–Crippen LogP) is 1.38. The van der Waals surface area contributed by atoms with E-state index < -0.39 is 6.09 Å². The highest BCUT2D eigenvalue weighted by Crippen LogP contribution is 2.22. The van der Waals surface area contributed by atoms with Crippen molar-refractivity contribution in [3.8, 4) is 5.88 Å². The van der Waals surface area contributed by atoms with E-state index in [1.165, 1.54) is 7.11 Å². The lowest BCUT2D eigenvalue weighted by Crippen LogP contribution is -2.44. The van der Waals surface area contributed by atoms with Crippen molar-refractivity contribution in [2.75, 3.05) is 25.1 Å². The molecule has 1 aromatic rings. The van der Waals surface area contributed by atoms with Gasteiger partial charge in [0.05, 0.1) is 7.11 Å². The fourth-order valence-electron chi connectivity index (χ4n) is 2.08. The van der Waals surface area contributed by atoms with Crippen molar-refractivity contribution in [3.63, 3.8) is 0 Å². The number of piperidine rings is 1. The largest absolute Gasteiger partial charge is 0.481 e. The molecule has 2 heterocycles. The molecule has 0 aliphatic carbocycles. The Hall–Kier alpha value is -1.76. The summed E-state index contributed by atoms with van der Waals surface area (Å²) in [6.07, 6.45) is 0.483. The zero-order valence-electron chi connectivity index (χ0n) is 10.5. The van der Waals surface area contributed by atoms with Crippen molar-refractivity contribution in [3.05, 3.63) is 11.3 Å². The van der Waals surface area contributed by atoms with Gasteiger partial charge in [0.15, 0.2) is 0 Å². The molecular formula is C11H15ClN4O3. The van der Waals surface area contributed by atoms with Gasteiger partial charge in [0.2, 0.25) is 11.2 Å². The highest BCUT2D eigenvalue weighted by Gasteiger charge is 2.22. The Labute approximate surface area is 115 Å². The molecule has 1 aromatic heterocycles. The molecule has 1 aliphatic rings. The quantitative estimate of drug-likeness (QED) is 0.816. The van der Waals surface area contributed by atoms with Crippen LogP contribution in [0.25, 0.3) is 0 Å². The molecule has 0 radical (unpaired) electrons. The molecule has 1 saturated heterocycles. The van der Waals surface area contributed by atoms with Crippen molar-refractivity contribution < 1.29 is 14.6 Å². The van der Waals surface area contributed by atoms with Crippen LogP contribution in [0, 0.1) is 0 Å². The molecule has 0 spiro atoms. The number of amides is 1. The second-order valence-corrected chi connectivity index (χ2v) is 4.59. The normalized spacial score (nSPS) is 16.2. The Balaban J connectivity index is 2.01. The second-order valence-electron chi connectivity index (χ2n) is 4.25. The average Bonchev–Trinajstić information content (AvgIpc) is 2.38. The molecule has 0 atom stereocenters. The van der Waals surface area contributed by atoms with E-state index in [2.05, 4.69) is 15.3 Å². The number of anilines is 1. The van der Waals surface area contributed by atoms with Gasteiger partial charge in [-0.05, 0) is 24.4 Å². The first-order valence-corrected chi connectivity index (χ1v) is 6.29. The Morgan fingerprint density at radius 1 is 1.53 bits per heavy atom. The monoisotopic (exact) mass is 286 g/mol. The summed E-state index contributed by atoms with van der Waals surface area (Å²) in [5, 5.41) is 11.3. The van der Waals surface area contributed by atoms with Crippen LogP contribution in [-0.4, -0.2) is 47.4 Å². The van der Waals surface area contributed by atoms with Gasteiger partial charge in [0.1, 0.15) is 5.82 Å². The number of rotatable bonds is 3. The molecule has 0 unspecified atom stereocenters. The number of aromatic nitrogens is 2. The van der Waals surface area contributed by atoms with Gasteiger partial charge in [-0.3, -0.25) is 0 Å². The topological polar surface area (TPSA) is 87.6 Å². The molecule has 8 heteroatoms. The van der Waals surface area contributed by atoms with Crippen LogP contribution < -0.4 is 15.0 Å². The molecular weight excluding hydrogens is 272 g/mol. The maximum Gasteiger partial charge on any atom is 0.404 e. The number of hydrogen-bond donors (Lipinski definition) is 2. The number of halogens is 1. The number of ether oxygens (including phenoxy) is 1. The van der Waals surface area contributed by atoms with E-state index in [4.69, 9.17) is 21.4 Å². The van der Waals surface area contributed by atoms with Gasteiger partial charge in [-0.1, -0.05) is 0 Å². The van der Waals surface area contributed by atoms with Gasteiger partial charge >= 0.3 is 6.09 Å². The van der Waals surface area contributed by atoms with Gasteiger partial charge in [-0.2, -0.15) is 4.98 Å². The van der Waals surface area contributed by atoms with E-state index in [0.717, 1.165) is 12.8 Å². The van der Waals surface area contributed by atoms with Gasteiger partial charge < -0.3 is 20.1 Å². The molecule has 19 heavy (non-hydrogen) atoms. The lowest BCUT2D eigenvalue weighted by Gasteiger charge is -2.32. The van der Waals surface area contributed by atoms with E-state index in [1.54, 1.807) is 6.07 Å². The van der Waals surface area contributed by atoms with Crippen molar-refractivity contribution in [1.82, 2.24) is 15.3 Å². The first-order valence-electron chi connectivity index (χ1n) is 5.91. The summed E-state index contributed by atoms with van der Waals surface area (Å²) in [5.74, 6) is 1.12. The highest BCUT2D eigenvalue weighted by atomic mass is 35.5. The average molecular weight is 287 g/mol. The third-order valence-corrected chi connectivity index (χ3v) is 3.19. The van der Waals surface area contributed by atoms with Crippen molar-refractivity contribution in [2.45, 2.75) is 18.9 Å². The molecule has 1 amide bonds. The third kappa shape index (κ3) is 3.60. The predicted molar refractivity (Wildman–Crippen MR) is 70.0 cm³/mol. The van der Waals surface area contributed by atoms with Crippen molar-refractivity contribution in [2.24, 2.45) is 0 Å². The fraction of sp³-hybridized carbons (Fsp3) is 0.545. The second kappa shape index (κ2) is 5.92. The summed E-state index contributed by atoms with van der Waals surface area (Å²) in [6, 6.07) is 1.71. The van der Waals surface area contributed by atoms with Gasteiger partial charge in [-0.25, -0.2) is 9.78 Å². The minimum Gasteiger partial charge on any atom is -0.481 e. The SMILES string of the molecule is COc1cc(N2CCC(NC(=O)O)CC2)nc(Cl)n1. The van der Waals surface area contributed by atoms with Crippen molar-refractivity contribution in [1.29, 1.82) is 0 Å². The summed E-state index contributed by atoms with van der Waals surface area (Å²) < 4.78 is 5.05. The Bertz CT molecular complexity index is 463. The lowest BCUT2D eigenvalue weighted by molar-refractivity contribution is 0.187. The van der Waals surface area contributed by atoms with E-state index in [0.29, 0.717) is 24.8 Å². The number of nitrogens with one attached hydrogen (secondary N) is 1. The maximum absolute atomic E-state index is 10.6. The molecule has 0 aromatic carbocycles. The van der Waals surface area contributed by atoms with Crippen LogP contribution >= 0.6 is 11.6 Å². The van der Waals surface area contributed by atoms with Crippen molar-refractivity contribution >= 4 is 23.5 Å². The molecule has 1 fully saturated rings. The Morgan fingerprint density at radius 3 is 2.79 bits per heavy atom. The summed E-state index contributed by atoms with van der Waals surface area (Å²) in [7, 11) is 1.52. The Kier molecular flexibility index (Phi) is 4.26. The number of hydrogen-bond acceptors (Lipinski definition) is 5. The first-order chi connectivity index (χ1) is 9.08. The first kappa shape index (κ1) is 13.7. The van der Waals surface area contributed by atoms with Gasteiger partial charge in [0.25, 0.3) is 0 Å². The van der Waals surface area contributed by atoms with Crippen LogP contribution in [0.5, 0.6) is 5.88 Å². The molecule has 1 aliphatic heterocycles. The Morgan fingerprint density at radius 2 is 2.21 bits per heavy atom. The molecule has 0 bridgehead atoms. The number of methoxy groups -OCH3 is 1. The van der Waals surface area contributed by atoms with Crippen LogP contribution in [0.15, 0.2) is 6.07 Å². The molecule has 7 nitrogen and oxygen atoms in total. The summed E-state index contributed by atoms with van der Waals surface area (Å²) in [4.78, 5) is 20.7. The van der Waals surface area contributed by atoms with E-state index >= 15 is 0 Å². The lowest BCUT2D eigenvalue weighted by atomic mass is 10.1. The van der Waals surface area contributed by atoms with Gasteiger partial charge in [0, 0.05) is 25.2 Å². The number of nitrogens with zero attached hydrogens (tertiary/aromatic N) is 3. The van der Waals surface area contributed by atoms with Crippen LogP contribution in [0.2, 0.25) is 5.28 Å². The van der Waals surface area contributed by atoms with Crippen LogP contribution in [0.4, 0.5) is 10.6 Å². The molecule has 2 N–H and O–H groups in total. The zero-order chi connectivity index (χ0) is 13.8. The van der Waals surface area contributed by atoms with Crippen LogP contribution in [-0.2, 0) is 0 Å². The maximum atomic E-state index is 10.6. The zero-order valence-corrected chi connectivity index (χ0v) is 11.2. The van der Waals surface area contributed by atoms with E-state index in [-0.39, 0.29) is 11.3 Å². The van der Waals surface area contributed by atoms with Gasteiger partial charge in [-0.15, -0.1) is 0 Å². The molecule has 104 valence electrons. The number of carboxylic acid groups (broad SMARTS) is 1. The summed E-state index contributed by atoms with van der Waals surface area (Å²) >= 11 is 5.83. The smallest absolute Gasteiger partial charge is 0.404 e. The van der Waals surface area contributed by atoms with Crippen LogP contribution in [0.1, 0.15) is 12.8 Å². The highest BCUT2D eigenvalue weighted by molar-refractivity contribution is 6.28. The third-order valence-electron chi connectivity index (χ3n) is 3.02. The van der Waals surface area contributed by atoms with Crippen LogP contribution in [0.3, 0.4) is 0 Å². The molecule has 0 saturated carbocycles. The summed E-state index contributed by atoms with van der Waals surface area (Å²) in [6.45, 7) is 1.42. The van der Waals surface area contributed by atoms with E-state index in [9.17, 15) is 4.79 Å². The minimum absolute atomic E-state index is 0.00652. The number of carbonyl (C=O) groups is 1. The minimum atomic E-state index is -0.981. The summed E-state index contributed by atoms with van der Waals surface area (Å²) in [5.41, 5.74) is 0. The fourth-order valence-corrected chi connectivity index (χ4v) is 2.25. The standard InChI is InChI=1S/C11H15ClN4O3/c1-19-9-6-8(14-10(12)15-9)16-4-2-7(3-5-16)13-11(17)18/h6-7,13H,2-5H2,1H3,(H,17,18).